The Morgan fingerprint density at radius 3 is 2.40 bits per heavy atom. The van der Waals surface area contributed by atoms with Crippen molar-refractivity contribution in [1.29, 1.82) is 0 Å². The van der Waals surface area contributed by atoms with Crippen LogP contribution in [0.15, 0.2) is 0 Å². The molecule has 1 N–H and O–H groups in total. The maximum atomic E-state index is 11.8. The fraction of sp³-hybridized carbons (Fsp3) is 0.857. The predicted molar refractivity (Wildman–Crippen MR) is 73.5 cm³/mol. The topological polar surface area (TPSA) is 70.1 Å². The molecule has 0 unspecified atom stereocenters. The lowest BCUT2D eigenvalue weighted by Crippen LogP contribution is -2.63. The third kappa shape index (κ3) is 3.62. The van der Waals surface area contributed by atoms with Crippen LogP contribution in [0.1, 0.15) is 33.6 Å². The standard InChI is InChI=1S/C14H24N2O4/c1-14(2,3)20-13(19)16-8-11(9-16)15-6-4-5-10(7-15)12(17)18/h10-11H,4-9H2,1-3H3,(H,17,18)/t10-/m1/s1. The molecule has 0 aliphatic carbocycles. The second-order valence-corrected chi connectivity index (χ2v) is 6.71. The Bertz CT molecular complexity index is 385. The summed E-state index contributed by atoms with van der Waals surface area (Å²) in [7, 11) is 0. The average molecular weight is 284 g/mol. The number of nitrogens with zero attached hydrogens (tertiary/aromatic N) is 2. The molecule has 2 aliphatic rings. The molecule has 2 rings (SSSR count). The van der Waals surface area contributed by atoms with Crippen LogP contribution in [0, 0.1) is 5.92 Å². The molecule has 2 heterocycles. The summed E-state index contributed by atoms with van der Waals surface area (Å²) < 4.78 is 5.31. The summed E-state index contributed by atoms with van der Waals surface area (Å²) in [5, 5.41) is 9.09. The summed E-state index contributed by atoms with van der Waals surface area (Å²) >= 11 is 0. The normalized spacial score (nSPS) is 25.1. The molecule has 0 aromatic rings. The van der Waals surface area contributed by atoms with Gasteiger partial charge in [0.2, 0.25) is 0 Å². The lowest BCUT2D eigenvalue weighted by Gasteiger charge is -2.47. The van der Waals surface area contributed by atoms with Gasteiger partial charge >= 0.3 is 12.1 Å². The highest BCUT2D eigenvalue weighted by molar-refractivity contribution is 5.70. The number of carbonyl (C=O) groups is 2. The highest BCUT2D eigenvalue weighted by atomic mass is 16.6. The van der Waals surface area contributed by atoms with Crippen LogP contribution in [-0.2, 0) is 9.53 Å². The number of likely N-dealkylation sites (tertiary alicyclic amines) is 2. The van der Waals surface area contributed by atoms with Crippen LogP contribution < -0.4 is 0 Å². The number of carboxylic acid groups (broad SMARTS) is 1. The summed E-state index contributed by atoms with van der Waals surface area (Å²) in [5.74, 6) is -0.975. The lowest BCUT2D eigenvalue weighted by atomic mass is 9.95. The number of rotatable bonds is 2. The van der Waals surface area contributed by atoms with E-state index >= 15 is 0 Å². The maximum absolute atomic E-state index is 11.8. The zero-order chi connectivity index (χ0) is 14.9. The smallest absolute Gasteiger partial charge is 0.410 e. The van der Waals surface area contributed by atoms with E-state index in [0.29, 0.717) is 19.6 Å². The molecule has 0 aromatic carbocycles. The van der Waals surface area contributed by atoms with E-state index in [1.54, 1.807) is 4.90 Å². The molecule has 6 nitrogen and oxygen atoms in total. The number of aliphatic carboxylic acids is 1. The van der Waals surface area contributed by atoms with Gasteiger partial charge in [-0.15, -0.1) is 0 Å². The molecular formula is C14H24N2O4. The van der Waals surface area contributed by atoms with Crippen molar-refractivity contribution in [2.45, 2.75) is 45.3 Å². The Kier molecular flexibility index (Phi) is 4.22. The number of ether oxygens (including phenoxy) is 1. The van der Waals surface area contributed by atoms with Crippen molar-refractivity contribution in [3.05, 3.63) is 0 Å². The Morgan fingerprint density at radius 2 is 1.85 bits per heavy atom. The van der Waals surface area contributed by atoms with Gasteiger partial charge in [-0.3, -0.25) is 9.69 Å². The van der Waals surface area contributed by atoms with E-state index in [2.05, 4.69) is 4.90 Å². The van der Waals surface area contributed by atoms with Crippen LogP contribution in [0.2, 0.25) is 0 Å². The van der Waals surface area contributed by atoms with Crippen LogP contribution in [0.3, 0.4) is 0 Å². The predicted octanol–water partition coefficient (Wildman–Crippen LogP) is 1.40. The van der Waals surface area contributed by atoms with Crippen molar-refractivity contribution in [2.75, 3.05) is 26.2 Å². The first kappa shape index (κ1) is 15.1. The first-order valence-electron chi connectivity index (χ1n) is 7.21. The van der Waals surface area contributed by atoms with E-state index in [9.17, 15) is 9.59 Å². The van der Waals surface area contributed by atoms with Gasteiger partial charge in [-0.2, -0.15) is 0 Å². The highest BCUT2D eigenvalue weighted by Crippen LogP contribution is 2.24. The molecule has 2 fully saturated rings. The number of hydrogen-bond acceptors (Lipinski definition) is 4. The molecule has 2 aliphatic heterocycles. The van der Waals surface area contributed by atoms with Gasteiger partial charge < -0.3 is 14.7 Å². The minimum absolute atomic E-state index is 0.265. The van der Waals surface area contributed by atoms with Crippen LogP contribution in [0.4, 0.5) is 4.79 Å². The van der Waals surface area contributed by atoms with Crippen molar-refractivity contribution < 1.29 is 19.4 Å². The molecule has 0 bridgehead atoms. The maximum Gasteiger partial charge on any atom is 0.410 e. The van der Waals surface area contributed by atoms with Crippen molar-refractivity contribution >= 4 is 12.1 Å². The van der Waals surface area contributed by atoms with Gasteiger partial charge in [0.05, 0.1) is 5.92 Å². The summed E-state index contributed by atoms with van der Waals surface area (Å²) in [4.78, 5) is 26.8. The summed E-state index contributed by atoms with van der Waals surface area (Å²) in [5.41, 5.74) is -0.471. The SMILES string of the molecule is CC(C)(C)OC(=O)N1CC(N2CCC[C@@H](C(=O)O)C2)C1. The monoisotopic (exact) mass is 284 g/mol. The lowest BCUT2D eigenvalue weighted by molar-refractivity contribution is -0.144. The zero-order valence-corrected chi connectivity index (χ0v) is 12.5. The zero-order valence-electron chi connectivity index (χ0n) is 12.5. The van der Waals surface area contributed by atoms with Gasteiger partial charge in [0.1, 0.15) is 5.60 Å². The van der Waals surface area contributed by atoms with E-state index in [1.165, 1.54) is 0 Å². The summed E-state index contributed by atoms with van der Waals surface area (Å²) in [6.45, 7) is 8.36. The molecule has 0 spiro atoms. The van der Waals surface area contributed by atoms with Crippen LogP contribution in [0.5, 0.6) is 0 Å². The molecule has 2 saturated heterocycles. The molecule has 114 valence electrons. The van der Waals surface area contributed by atoms with Crippen LogP contribution >= 0.6 is 0 Å². The van der Waals surface area contributed by atoms with Crippen LogP contribution in [0.25, 0.3) is 0 Å². The van der Waals surface area contributed by atoms with Crippen molar-refractivity contribution in [3.8, 4) is 0 Å². The first-order valence-corrected chi connectivity index (χ1v) is 7.21. The number of carbonyl (C=O) groups excluding carboxylic acids is 1. The van der Waals surface area contributed by atoms with E-state index in [4.69, 9.17) is 9.84 Å². The van der Waals surface area contributed by atoms with Gasteiger partial charge in [0, 0.05) is 25.7 Å². The molecule has 1 amide bonds. The molecule has 6 heteroatoms. The Balaban J connectivity index is 1.78. The molecular weight excluding hydrogens is 260 g/mol. The number of piperidine rings is 1. The van der Waals surface area contributed by atoms with Gasteiger partial charge in [-0.05, 0) is 40.2 Å². The fourth-order valence-electron chi connectivity index (χ4n) is 2.70. The first-order chi connectivity index (χ1) is 9.26. The second kappa shape index (κ2) is 5.60. The van der Waals surface area contributed by atoms with Gasteiger partial charge in [0.25, 0.3) is 0 Å². The Morgan fingerprint density at radius 1 is 1.20 bits per heavy atom. The molecule has 0 aromatic heterocycles. The number of amides is 1. The quantitative estimate of drug-likeness (QED) is 0.830. The van der Waals surface area contributed by atoms with Gasteiger partial charge in [-0.1, -0.05) is 0 Å². The summed E-state index contributed by atoms with van der Waals surface area (Å²) in [6, 6.07) is 0.282. The second-order valence-electron chi connectivity index (χ2n) is 6.71. The van der Waals surface area contributed by atoms with Crippen molar-refractivity contribution in [3.63, 3.8) is 0 Å². The van der Waals surface area contributed by atoms with Crippen LogP contribution in [-0.4, -0.2) is 64.8 Å². The minimum Gasteiger partial charge on any atom is -0.481 e. The third-order valence-corrected chi connectivity index (χ3v) is 3.83. The largest absolute Gasteiger partial charge is 0.481 e. The van der Waals surface area contributed by atoms with E-state index in [0.717, 1.165) is 19.4 Å². The number of carboxylic acids is 1. The minimum atomic E-state index is -0.710. The van der Waals surface area contributed by atoms with E-state index < -0.39 is 11.6 Å². The van der Waals surface area contributed by atoms with E-state index in [-0.39, 0.29) is 18.1 Å². The summed E-state index contributed by atoms with van der Waals surface area (Å²) in [6.07, 6.45) is 1.40. The Labute approximate surface area is 119 Å². The molecule has 0 saturated carbocycles. The fourth-order valence-corrected chi connectivity index (χ4v) is 2.70. The number of hydrogen-bond donors (Lipinski definition) is 1. The van der Waals surface area contributed by atoms with E-state index in [1.807, 2.05) is 20.8 Å². The Hall–Kier alpha value is -1.30. The highest BCUT2D eigenvalue weighted by Gasteiger charge is 2.39. The average Bonchev–Trinajstić information content (AvgIpc) is 2.24. The van der Waals surface area contributed by atoms with Gasteiger partial charge in [0.15, 0.2) is 0 Å². The van der Waals surface area contributed by atoms with Crippen molar-refractivity contribution in [2.24, 2.45) is 5.92 Å². The third-order valence-electron chi connectivity index (χ3n) is 3.83. The molecule has 1 atom stereocenters. The molecule has 20 heavy (non-hydrogen) atoms. The van der Waals surface area contributed by atoms with Gasteiger partial charge in [-0.25, -0.2) is 4.79 Å². The van der Waals surface area contributed by atoms with Crippen molar-refractivity contribution in [1.82, 2.24) is 9.80 Å². The molecule has 0 radical (unpaired) electrons.